The summed E-state index contributed by atoms with van der Waals surface area (Å²) >= 11 is 0. The normalized spacial score (nSPS) is 16.0. The van der Waals surface area contributed by atoms with Gasteiger partial charge in [0, 0.05) is 32.3 Å². The van der Waals surface area contributed by atoms with Gasteiger partial charge in [0.05, 0.1) is 0 Å². The van der Waals surface area contributed by atoms with Crippen LogP contribution in [0.1, 0.15) is 51.8 Å². The van der Waals surface area contributed by atoms with Crippen LogP contribution in [0.4, 0.5) is 11.6 Å². The van der Waals surface area contributed by atoms with Gasteiger partial charge < -0.3 is 15.0 Å². The molecule has 1 aliphatic carbocycles. The quantitative estimate of drug-likeness (QED) is 0.836. The van der Waals surface area contributed by atoms with Crippen LogP contribution >= 0.6 is 0 Å². The van der Waals surface area contributed by atoms with Crippen LogP contribution in [-0.4, -0.2) is 36.2 Å². The van der Waals surface area contributed by atoms with Gasteiger partial charge in [-0.2, -0.15) is 0 Å². The minimum absolute atomic E-state index is 0.453. The summed E-state index contributed by atoms with van der Waals surface area (Å²) in [7, 11) is 1.68. The van der Waals surface area contributed by atoms with Crippen LogP contribution in [-0.2, 0) is 11.3 Å². The fourth-order valence-electron chi connectivity index (χ4n) is 3.10. The highest BCUT2D eigenvalue weighted by Gasteiger charge is 2.22. The zero-order valence-corrected chi connectivity index (χ0v) is 13.6. The Morgan fingerprint density at radius 2 is 2.00 bits per heavy atom. The van der Waals surface area contributed by atoms with E-state index >= 15 is 0 Å². The van der Waals surface area contributed by atoms with E-state index in [4.69, 9.17) is 9.72 Å². The highest BCUT2D eigenvalue weighted by Crippen LogP contribution is 2.27. The number of hydrogen-bond acceptors (Lipinski definition) is 5. The van der Waals surface area contributed by atoms with E-state index in [0.29, 0.717) is 12.6 Å². The van der Waals surface area contributed by atoms with E-state index in [9.17, 15) is 0 Å². The zero-order chi connectivity index (χ0) is 15.1. The molecule has 1 fully saturated rings. The molecular formula is C16H28N4O. The van der Waals surface area contributed by atoms with E-state index in [1.165, 1.54) is 32.1 Å². The molecule has 5 heteroatoms. The van der Waals surface area contributed by atoms with Crippen LogP contribution in [0.3, 0.4) is 0 Å². The van der Waals surface area contributed by atoms with Crippen molar-refractivity contribution in [2.45, 2.75) is 58.6 Å². The molecule has 0 bridgehead atoms. The molecule has 1 saturated carbocycles. The molecule has 5 nitrogen and oxygen atoms in total. The van der Waals surface area contributed by atoms with Crippen molar-refractivity contribution in [3.63, 3.8) is 0 Å². The molecule has 0 aliphatic heterocycles. The van der Waals surface area contributed by atoms with Gasteiger partial charge in [0.25, 0.3) is 0 Å². The lowest BCUT2D eigenvalue weighted by Gasteiger charge is -2.34. The van der Waals surface area contributed by atoms with Crippen molar-refractivity contribution in [3.8, 4) is 0 Å². The van der Waals surface area contributed by atoms with Crippen LogP contribution in [0.15, 0.2) is 6.07 Å². The van der Waals surface area contributed by atoms with E-state index in [2.05, 4.69) is 35.1 Å². The third kappa shape index (κ3) is 4.30. The number of nitrogens with zero attached hydrogens (tertiary/aromatic N) is 3. The lowest BCUT2D eigenvalue weighted by atomic mass is 9.94. The summed E-state index contributed by atoms with van der Waals surface area (Å²) in [5.74, 6) is 2.67. The summed E-state index contributed by atoms with van der Waals surface area (Å²) in [5, 5.41) is 3.30. The summed E-state index contributed by atoms with van der Waals surface area (Å²) in [5.41, 5.74) is 0. The highest BCUT2D eigenvalue weighted by molar-refractivity contribution is 5.50. The summed E-state index contributed by atoms with van der Waals surface area (Å²) in [6, 6.07) is 2.68. The number of ether oxygens (including phenoxy) is 1. The predicted octanol–water partition coefficient (Wildman–Crippen LogP) is 3.21. The predicted molar refractivity (Wildman–Crippen MR) is 86.8 cm³/mol. The first-order valence-electron chi connectivity index (χ1n) is 8.15. The Kier molecular flexibility index (Phi) is 6.23. The molecule has 0 radical (unpaired) electrons. The summed E-state index contributed by atoms with van der Waals surface area (Å²) in [6.07, 6.45) is 6.58. The Labute approximate surface area is 128 Å². The molecule has 0 unspecified atom stereocenters. The molecule has 0 aromatic carbocycles. The van der Waals surface area contributed by atoms with Crippen molar-refractivity contribution in [2.75, 3.05) is 30.4 Å². The maximum atomic E-state index is 5.20. The third-order valence-electron chi connectivity index (χ3n) is 4.04. The number of methoxy groups -OCH3 is 1. The minimum atomic E-state index is 0.453. The molecule has 0 atom stereocenters. The minimum Gasteiger partial charge on any atom is -0.377 e. The van der Waals surface area contributed by atoms with E-state index < -0.39 is 0 Å². The van der Waals surface area contributed by atoms with Gasteiger partial charge in [0.15, 0.2) is 5.82 Å². The number of rotatable bonds is 7. The van der Waals surface area contributed by atoms with Crippen LogP contribution < -0.4 is 10.2 Å². The first-order chi connectivity index (χ1) is 10.3. The second kappa shape index (κ2) is 8.17. The Morgan fingerprint density at radius 1 is 1.24 bits per heavy atom. The Hall–Kier alpha value is -1.36. The van der Waals surface area contributed by atoms with Crippen LogP contribution in [0.2, 0.25) is 0 Å². The second-order valence-electron chi connectivity index (χ2n) is 5.57. The van der Waals surface area contributed by atoms with Crippen molar-refractivity contribution >= 4 is 11.6 Å². The smallest absolute Gasteiger partial charge is 0.158 e. The lowest BCUT2D eigenvalue weighted by Crippen LogP contribution is -2.37. The van der Waals surface area contributed by atoms with E-state index in [1.807, 2.05) is 0 Å². The molecule has 0 spiro atoms. The van der Waals surface area contributed by atoms with Crippen molar-refractivity contribution < 1.29 is 4.74 Å². The second-order valence-corrected chi connectivity index (χ2v) is 5.57. The first kappa shape index (κ1) is 16.0. The Balaban J connectivity index is 2.25. The van der Waals surface area contributed by atoms with E-state index in [1.54, 1.807) is 7.11 Å². The number of aromatic nitrogens is 2. The topological polar surface area (TPSA) is 50.3 Å². The van der Waals surface area contributed by atoms with Gasteiger partial charge in [-0.05, 0) is 26.7 Å². The summed E-state index contributed by atoms with van der Waals surface area (Å²) in [4.78, 5) is 11.6. The molecule has 1 aromatic heterocycles. The lowest BCUT2D eigenvalue weighted by molar-refractivity contribution is 0.178. The summed E-state index contributed by atoms with van der Waals surface area (Å²) in [6.45, 7) is 6.59. The first-order valence-corrected chi connectivity index (χ1v) is 8.15. The highest BCUT2D eigenvalue weighted by atomic mass is 16.5. The Morgan fingerprint density at radius 3 is 2.62 bits per heavy atom. The fourth-order valence-corrected chi connectivity index (χ4v) is 3.10. The molecule has 0 saturated heterocycles. The molecular weight excluding hydrogens is 264 g/mol. The van der Waals surface area contributed by atoms with E-state index in [0.717, 1.165) is 30.5 Å². The van der Waals surface area contributed by atoms with Gasteiger partial charge in [0.2, 0.25) is 0 Å². The standard InChI is InChI=1S/C16H28N4O/c1-4-17-14-11-16(19-15(18-14)12-21-3)20(5-2)13-9-7-6-8-10-13/h11,13H,4-10,12H2,1-3H3,(H,17,18,19). The molecule has 1 heterocycles. The van der Waals surface area contributed by atoms with Gasteiger partial charge in [-0.1, -0.05) is 19.3 Å². The fraction of sp³-hybridized carbons (Fsp3) is 0.750. The monoisotopic (exact) mass is 292 g/mol. The summed E-state index contributed by atoms with van der Waals surface area (Å²) < 4.78 is 5.20. The maximum absolute atomic E-state index is 5.20. The molecule has 118 valence electrons. The largest absolute Gasteiger partial charge is 0.377 e. The van der Waals surface area contributed by atoms with Crippen molar-refractivity contribution in [2.24, 2.45) is 0 Å². The molecule has 21 heavy (non-hydrogen) atoms. The van der Waals surface area contributed by atoms with Crippen LogP contribution in [0.25, 0.3) is 0 Å². The van der Waals surface area contributed by atoms with Gasteiger partial charge in [-0.25, -0.2) is 9.97 Å². The number of hydrogen-bond donors (Lipinski definition) is 1. The average Bonchev–Trinajstić information content (AvgIpc) is 2.50. The third-order valence-corrected chi connectivity index (χ3v) is 4.04. The van der Waals surface area contributed by atoms with Crippen molar-refractivity contribution in [1.29, 1.82) is 0 Å². The van der Waals surface area contributed by atoms with E-state index in [-0.39, 0.29) is 0 Å². The molecule has 1 aliphatic rings. The van der Waals surface area contributed by atoms with Crippen LogP contribution in [0, 0.1) is 0 Å². The van der Waals surface area contributed by atoms with Crippen molar-refractivity contribution in [3.05, 3.63) is 11.9 Å². The van der Waals surface area contributed by atoms with Gasteiger partial charge in [0.1, 0.15) is 18.2 Å². The number of nitrogens with one attached hydrogen (secondary N) is 1. The van der Waals surface area contributed by atoms with Gasteiger partial charge in [-0.3, -0.25) is 0 Å². The van der Waals surface area contributed by atoms with Gasteiger partial charge >= 0.3 is 0 Å². The Bertz CT molecular complexity index is 408. The molecule has 0 amide bonds. The van der Waals surface area contributed by atoms with Crippen molar-refractivity contribution in [1.82, 2.24) is 9.97 Å². The molecule has 2 rings (SSSR count). The van der Waals surface area contributed by atoms with Gasteiger partial charge in [-0.15, -0.1) is 0 Å². The maximum Gasteiger partial charge on any atom is 0.158 e. The zero-order valence-electron chi connectivity index (χ0n) is 13.6. The van der Waals surface area contributed by atoms with Crippen LogP contribution in [0.5, 0.6) is 0 Å². The molecule has 1 N–H and O–H groups in total. The number of anilines is 2. The molecule has 1 aromatic rings. The SMILES string of the molecule is CCNc1cc(N(CC)C2CCCCC2)nc(COC)n1. The average molecular weight is 292 g/mol.